The van der Waals surface area contributed by atoms with Gasteiger partial charge in [-0.25, -0.2) is 4.79 Å². The summed E-state index contributed by atoms with van der Waals surface area (Å²) in [5.74, 6) is -0.411. The third kappa shape index (κ3) is 4.72. The molecule has 0 unspecified atom stereocenters. The monoisotopic (exact) mass is 336 g/mol. The van der Waals surface area contributed by atoms with Crippen LogP contribution in [0.4, 0.5) is 0 Å². The van der Waals surface area contributed by atoms with Crippen molar-refractivity contribution in [3.05, 3.63) is 35.9 Å². The molecule has 0 aliphatic carbocycles. The van der Waals surface area contributed by atoms with Gasteiger partial charge in [0.15, 0.2) is 0 Å². The predicted octanol–water partition coefficient (Wildman–Crippen LogP) is 1.63. The van der Waals surface area contributed by atoms with Gasteiger partial charge in [-0.1, -0.05) is 30.3 Å². The average molecular weight is 336 g/mol. The standard InChI is InChI=1S/C17H24N2O3S/c1-2-22-16(21)15(18-13-20)17(23)8-10-19(11-9-17)12-14-6-4-3-5-7-14/h3-7,13,15,23H,2,8-12H2,1H3,(H,18,20)/t15-/m1/s1. The normalized spacial score (nSPS) is 18.9. The number of carbonyl (C=O) groups excluding carboxylic acids is 2. The summed E-state index contributed by atoms with van der Waals surface area (Å²) in [4.78, 5) is 25.3. The van der Waals surface area contributed by atoms with Gasteiger partial charge < -0.3 is 10.1 Å². The van der Waals surface area contributed by atoms with E-state index in [0.29, 0.717) is 25.9 Å². The van der Waals surface area contributed by atoms with Crippen LogP contribution in [0.2, 0.25) is 0 Å². The van der Waals surface area contributed by atoms with Crippen molar-refractivity contribution >= 4 is 25.0 Å². The molecule has 2 rings (SSSR count). The zero-order valence-corrected chi connectivity index (χ0v) is 14.3. The van der Waals surface area contributed by atoms with Crippen LogP contribution >= 0.6 is 12.6 Å². The lowest BCUT2D eigenvalue weighted by Gasteiger charge is -2.42. The number of thiol groups is 1. The maximum atomic E-state index is 12.1. The Hall–Kier alpha value is -1.53. The van der Waals surface area contributed by atoms with Crippen molar-refractivity contribution < 1.29 is 14.3 Å². The fraction of sp³-hybridized carbons (Fsp3) is 0.529. The number of carbonyl (C=O) groups is 2. The van der Waals surface area contributed by atoms with Gasteiger partial charge in [-0.2, -0.15) is 12.6 Å². The van der Waals surface area contributed by atoms with Gasteiger partial charge in [0.05, 0.1) is 6.61 Å². The molecule has 0 spiro atoms. The third-order valence-electron chi connectivity index (χ3n) is 4.27. The zero-order chi connectivity index (χ0) is 16.7. The summed E-state index contributed by atoms with van der Waals surface area (Å²) in [6, 6.07) is 9.59. The Kier molecular flexibility index (Phi) is 6.47. The van der Waals surface area contributed by atoms with Crippen molar-refractivity contribution in [1.29, 1.82) is 0 Å². The average Bonchev–Trinajstić information content (AvgIpc) is 2.56. The van der Waals surface area contributed by atoms with Crippen molar-refractivity contribution in [2.24, 2.45) is 0 Å². The fourth-order valence-electron chi connectivity index (χ4n) is 2.96. The van der Waals surface area contributed by atoms with E-state index in [1.54, 1.807) is 6.92 Å². The Morgan fingerprint density at radius 3 is 2.61 bits per heavy atom. The molecule has 1 aromatic carbocycles. The molecule has 1 aliphatic heterocycles. The van der Waals surface area contributed by atoms with Crippen molar-refractivity contribution in [2.75, 3.05) is 19.7 Å². The lowest BCUT2D eigenvalue weighted by atomic mass is 9.88. The molecule has 0 radical (unpaired) electrons. The van der Waals surface area contributed by atoms with Crippen molar-refractivity contribution in [1.82, 2.24) is 10.2 Å². The Bertz CT molecular complexity index is 516. The molecule has 23 heavy (non-hydrogen) atoms. The minimum Gasteiger partial charge on any atom is -0.464 e. The van der Waals surface area contributed by atoms with E-state index in [-0.39, 0.29) is 0 Å². The summed E-state index contributed by atoms with van der Waals surface area (Å²) in [5, 5.41) is 2.59. The summed E-state index contributed by atoms with van der Waals surface area (Å²) in [6.07, 6.45) is 1.98. The van der Waals surface area contributed by atoms with Gasteiger partial charge in [-0.05, 0) is 38.4 Å². The first-order valence-electron chi connectivity index (χ1n) is 7.94. The van der Waals surface area contributed by atoms with Crippen LogP contribution in [0, 0.1) is 0 Å². The predicted molar refractivity (Wildman–Crippen MR) is 92.3 cm³/mol. The minimum absolute atomic E-state index is 0.292. The highest BCUT2D eigenvalue weighted by atomic mass is 32.1. The molecular weight excluding hydrogens is 312 g/mol. The molecule has 1 N–H and O–H groups in total. The number of hydrogen-bond donors (Lipinski definition) is 2. The first-order valence-corrected chi connectivity index (χ1v) is 8.39. The number of rotatable bonds is 7. The van der Waals surface area contributed by atoms with Crippen LogP contribution in [0.1, 0.15) is 25.3 Å². The Morgan fingerprint density at radius 2 is 2.04 bits per heavy atom. The molecule has 1 fully saturated rings. The summed E-state index contributed by atoms with van der Waals surface area (Å²) in [5.41, 5.74) is 1.27. The Balaban J connectivity index is 1.96. The lowest BCUT2D eigenvalue weighted by Crippen LogP contribution is -2.57. The highest BCUT2D eigenvalue weighted by Crippen LogP contribution is 2.33. The molecule has 0 bridgehead atoms. The number of benzene rings is 1. The number of piperidine rings is 1. The molecule has 1 aliphatic rings. The maximum absolute atomic E-state index is 12.1. The van der Waals surface area contributed by atoms with E-state index < -0.39 is 16.8 Å². The molecule has 1 aromatic rings. The van der Waals surface area contributed by atoms with Gasteiger partial charge in [-0.3, -0.25) is 9.69 Å². The lowest BCUT2D eigenvalue weighted by molar-refractivity contribution is -0.147. The number of nitrogens with zero attached hydrogens (tertiary/aromatic N) is 1. The molecule has 126 valence electrons. The maximum Gasteiger partial charge on any atom is 0.330 e. The quantitative estimate of drug-likeness (QED) is 0.451. The van der Waals surface area contributed by atoms with Crippen LogP contribution in [0.25, 0.3) is 0 Å². The highest BCUT2D eigenvalue weighted by molar-refractivity contribution is 7.82. The van der Waals surface area contributed by atoms with E-state index >= 15 is 0 Å². The number of esters is 1. The molecule has 6 heteroatoms. The Morgan fingerprint density at radius 1 is 1.39 bits per heavy atom. The summed E-state index contributed by atoms with van der Waals surface area (Å²) < 4.78 is 4.51. The second-order valence-electron chi connectivity index (χ2n) is 5.83. The summed E-state index contributed by atoms with van der Waals surface area (Å²) in [7, 11) is 0. The SMILES string of the molecule is CCOC(=O)[C@@H](NC=O)C1(S)CCN(Cc2ccccc2)CC1. The van der Waals surface area contributed by atoms with E-state index in [9.17, 15) is 9.59 Å². The van der Waals surface area contributed by atoms with Crippen LogP contribution in [-0.2, 0) is 20.9 Å². The van der Waals surface area contributed by atoms with Crippen LogP contribution in [-0.4, -0.2) is 47.8 Å². The highest BCUT2D eigenvalue weighted by Gasteiger charge is 2.43. The van der Waals surface area contributed by atoms with Crippen LogP contribution in [0.5, 0.6) is 0 Å². The molecule has 1 heterocycles. The number of ether oxygens (including phenoxy) is 1. The molecule has 1 amide bonds. The van der Waals surface area contributed by atoms with Crippen molar-refractivity contribution in [2.45, 2.75) is 37.1 Å². The largest absolute Gasteiger partial charge is 0.464 e. The summed E-state index contributed by atoms with van der Waals surface area (Å²) in [6.45, 7) is 4.59. The van der Waals surface area contributed by atoms with E-state index in [1.807, 2.05) is 18.2 Å². The smallest absolute Gasteiger partial charge is 0.330 e. The molecule has 0 saturated carbocycles. The first kappa shape index (κ1) is 17.8. The number of hydrogen-bond acceptors (Lipinski definition) is 5. The minimum atomic E-state index is -0.706. The second kappa shape index (κ2) is 8.36. The number of nitrogens with one attached hydrogen (secondary N) is 1. The van der Waals surface area contributed by atoms with E-state index in [0.717, 1.165) is 19.6 Å². The molecule has 5 nitrogen and oxygen atoms in total. The van der Waals surface area contributed by atoms with Gasteiger partial charge in [0, 0.05) is 11.3 Å². The van der Waals surface area contributed by atoms with Crippen molar-refractivity contribution in [3.8, 4) is 0 Å². The van der Waals surface area contributed by atoms with Gasteiger partial charge in [0.2, 0.25) is 6.41 Å². The third-order valence-corrected chi connectivity index (χ3v) is 4.97. The van der Waals surface area contributed by atoms with Gasteiger partial charge in [0.1, 0.15) is 6.04 Å². The molecule has 1 atom stereocenters. The van der Waals surface area contributed by atoms with Gasteiger partial charge >= 0.3 is 5.97 Å². The van der Waals surface area contributed by atoms with Gasteiger partial charge in [0.25, 0.3) is 0 Å². The second-order valence-corrected chi connectivity index (χ2v) is 6.73. The first-order chi connectivity index (χ1) is 11.1. The topological polar surface area (TPSA) is 58.6 Å². The van der Waals surface area contributed by atoms with Crippen molar-refractivity contribution in [3.63, 3.8) is 0 Å². The zero-order valence-electron chi connectivity index (χ0n) is 13.4. The van der Waals surface area contributed by atoms with Gasteiger partial charge in [-0.15, -0.1) is 0 Å². The van der Waals surface area contributed by atoms with E-state index in [2.05, 4.69) is 22.3 Å². The van der Waals surface area contributed by atoms with E-state index in [1.165, 1.54) is 5.56 Å². The van der Waals surface area contributed by atoms with Crippen LogP contribution in [0.3, 0.4) is 0 Å². The van der Waals surface area contributed by atoms with E-state index in [4.69, 9.17) is 17.4 Å². The number of amides is 1. The number of likely N-dealkylation sites (tertiary alicyclic amines) is 1. The molecule has 1 saturated heterocycles. The van der Waals surface area contributed by atoms with Crippen LogP contribution < -0.4 is 5.32 Å². The molecule has 0 aromatic heterocycles. The Labute approximate surface area is 142 Å². The molecular formula is C17H24N2O3S. The van der Waals surface area contributed by atoms with Crippen LogP contribution in [0.15, 0.2) is 30.3 Å². The fourth-order valence-corrected chi connectivity index (χ4v) is 3.34. The summed E-state index contributed by atoms with van der Waals surface area (Å²) >= 11 is 4.73.